The van der Waals surface area contributed by atoms with Gasteiger partial charge in [0, 0.05) is 24.4 Å². The lowest BCUT2D eigenvalue weighted by Crippen LogP contribution is -2.47. The maximum Gasteiger partial charge on any atom is 0.276 e. The zero-order valence-corrected chi connectivity index (χ0v) is 15.1. The van der Waals surface area contributed by atoms with Crippen molar-refractivity contribution >= 4 is 29.3 Å². The number of aryl methyl sites for hydroxylation is 1. The Balaban J connectivity index is 1.53. The van der Waals surface area contributed by atoms with Crippen LogP contribution >= 0.6 is 0 Å². The SMILES string of the molecule is O=C(/C=C/c1ccccc1[N+](=O)[O-])NNC(=O)CN1CCCc2ccccc21. The minimum atomic E-state index is -0.578. The van der Waals surface area contributed by atoms with Gasteiger partial charge in [0.05, 0.1) is 17.0 Å². The van der Waals surface area contributed by atoms with Gasteiger partial charge in [0.1, 0.15) is 0 Å². The number of carbonyl (C=O) groups excluding carboxylic acids is 2. The monoisotopic (exact) mass is 380 g/mol. The van der Waals surface area contributed by atoms with Gasteiger partial charge in [-0.15, -0.1) is 0 Å². The molecule has 2 amide bonds. The fourth-order valence-electron chi connectivity index (χ4n) is 3.12. The van der Waals surface area contributed by atoms with E-state index in [0.29, 0.717) is 5.56 Å². The Bertz CT molecular complexity index is 926. The van der Waals surface area contributed by atoms with Crippen LogP contribution in [0.2, 0.25) is 0 Å². The molecule has 3 rings (SSSR count). The number of para-hydroxylation sites is 2. The molecular weight excluding hydrogens is 360 g/mol. The van der Waals surface area contributed by atoms with Crippen LogP contribution in [0.3, 0.4) is 0 Å². The van der Waals surface area contributed by atoms with Crippen LogP contribution in [0.15, 0.2) is 54.6 Å². The van der Waals surface area contributed by atoms with Crippen LogP contribution < -0.4 is 15.8 Å². The Morgan fingerprint density at radius 3 is 2.68 bits per heavy atom. The fourth-order valence-corrected chi connectivity index (χ4v) is 3.12. The van der Waals surface area contributed by atoms with Gasteiger partial charge in [-0.25, -0.2) is 0 Å². The minimum absolute atomic E-state index is 0.0978. The van der Waals surface area contributed by atoms with E-state index in [2.05, 4.69) is 16.9 Å². The van der Waals surface area contributed by atoms with Crippen LogP contribution in [-0.4, -0.2) is 29.8 Å². The number of hydrogen-bond acceptors (Lipinski definition) is 5. The highest BCUT2D eigenvalue weighted by Gasteiger charge is 2.18. The fraction of sp³-hybridized carbons (Fsp3) is 0.200. The van der Waals surface area contributed by atoms with Crippen molar-refractivity contribution in [2.75, 3.05) is 18.0 Å². The standard InChI is InChI=1S/C20H20N4O4/c25-19(12-11-16-7-2-4-10-18(16)24(27)28)21-22-20(26)14-23-13-5-8-15-6-1-3-9-17(15)23/h1-4,6-7,9-12H,5,8,13-14H2,(H,21,25)(H,22,26)/b12-11+. The molecular formula is C20H20N4O4. The second kappa shape index (κ2) is 8.81. The third kappa shape index (κ3) is 4.73. The number of nitrogens with one attached hydrogen (secondary N) is 2. The lowest BCUT2D eigenvalue weighted by atomic mass is 10.0. The van der Waals surface area contributed by atoms with Crippen molar-refractivity contribution < 1.29 is 14.5 Å². The van der Waals surface area contributed by atoms with Gasteiger partial charge in [0.15, 0.2) is 0 Å². The summed E-state index contributed by atoms with van der Waals surface area (Å²) in [6, 6.07) is 14.0. The summed E-state index contributed by atoms with van der Waals surface area (Å²) in [6.07, 6.45) is 4.43. The first-order valence-electron chi connectivity index (χ1n) is 8.88. The van der Waals surface area contributed by atoms with E-state index in [0.717, 1.165) is 31.1 Å². The van der Waals surface area contributed by atoms with Crippen molar-refractivity contribution in [3.63, 3.8) is 0 Å². The number of nitrogens with zero attached hydrogens (tertiary/aromatic N) is 2. The molecule has 0 spiro atoms. The highest BCUT2D eigenvalue weighted by Crippen LogP contribution is 2.26. The van der Waals surface area contributed by atoms with Gasteiger partial charge < -0.3 is 4.90 Å². The molecule has 8 heteroatoms. The Labute approximate surface area is 162 Å². The summed E-state index contributed by atoms with van der Waals surface area (Å²) in [5, 5.41) is 11.0. The van der Waals surface area contributed by atoms with Crippen molar-refractivity contribution in [2.24, 2.45) is 0 Å². The number of hydrogen-bond donors (Lipinski definition) is 2. The number of amides is 2. The molecule has 1 aliphatic rings. The summed E-state index contributed by atoms with van der Waals surface area (Å²) in [7, 11) is 0. The lowest BCUT2D eigenvalue weighted by Gasteiger charge is -2.30. The van der Waals surface area contributed by atoms with Gasteiger partial charge in [-0.3, -0.25) is 30.6 Å². The summed E-state index contributed by atoms with van der Waals surface area (Å²) in [4.78, 5) is 36.5. The first-order chi connectivity index (χ1) is 13.5. The number of rotatable bonds is 5. The van der Waals surface area contributed by atoms with E-state index in [4.69, 9.17) is 0 Å². The molecule has 0 saturated carbocycles. The number of fused-ring (bicyclic) bond motifs is 1. The molecule has 2 aromatic rings. The van der Waals surface area contributed by atoms with Crippen molar-refractivity contribution in [3.8, 4) is 0 Å². The smallest absolute Gasteiger partial charge is 0.276 e. The number of anilines is 1. The maximum absolute atomic E-state index is 12.2. The quantitative estimate of drug-likeness (QED) is 0.470. The van der Waals surface area contributed by atoms with E-state index in [9.17, 15) is 19.7 Å². The molecule has 28 heavy (non-hydrogen) atoms. The molecule has 1 aliphatic heterocycles. The number of nitro benzene ring substituents is 1. The normalized spacial score (nSPS) is 13.1. The average molecular weight is 380 g/mol. The van der Waals surface area contributed by atoms with E-state index in [1.807, 2.05) is 23.1 Å². The predicted molar refractivity (Wildman–Crippen MR) is 105 cm³/mol. The van der Waals surface area contributed by atoms with E-state index in [1.165, 1.54) is 23.8 Å². The molecule has 0 aliphatic carbocycles. The van der Waals surface area contributed by atoms with Crippen LogP contribution in [0.4, 0.5) is 11.4 Å². The molecule has 0 unspecified atom stereocenters. The maximum atomic E-state index is 12.2. The highest BCUT2D eigenvalue weighted by atomic mass is 16.6. The first-order valence-corrected chi connectivity index (χ1v) is 8.88. The van der Waals surface area contributed by atoms with E-state index >= 15 is 0 Å². The van der Waals surface area contributed by atoms with Crippen molar-refractivity contribution in [3.05, 3.63) is 75.8 Å². The molecule has 0 saturated heterocycles. The highest BCUT2D eigenvalue weighted by molar-refractivity contribution is 5.94. The number of hydrazine groups is 1. The molecule has 0 fully saturated rings. The first kappa shape index (κ1) is 19.1. The second-order valence-electron chi connectivity index (χ2n) is 6.34. The summed E-state index contributed by atoms with van der Waals surface area (Å²) in [6.45, 7) is 0.904. The summed E-state index contributed by atoms with van der Waals surface area (Å²) in [5.74, 6) is -0.922. The molecule has 0 atom stereocenters. The van der Waals surface area contributed by atoms with Gasteiger partial charge in [-0.05, 0) is 36.6 Å². The van der Waals surface area contributed by atoms with Crippen LogP contribution in [-0.2, 0) is 16.0 Å². The van der Waals surface area contributed by atoms with E-state index < -0.39 is 10.8 Å². The molecule has 0 radical (unpaired) electrons. The number of benzene rings is 2. The molecule has 0 aromatic heterocycles. The Morgan fingerprint density at radius 1 is 1.11 bits per heavy atom. The third-order valence-corrected chi connectivity index (χ3v) is 4.41. The van der Waals surface area contributed by atoms with Crippen molar-refractivity contribution in [1.82, 2.24) is 10.9 Å². The van der Waals surface area contributed by atoms with E-state index in [1.54, 1.807) is 12.1 Å². The predicted octanol–water partition coefficient (Wildman–Crippen LogP) is 2.21. The Kier molecular flexibility index (Phi) is 6.01. The summed E-state index contributed by atoms with van der Waals surface area (Å²) < 4.78 is 0. The molecule has 8 nitrogen and oxygen atoms in total. The lowest BCUT2D eigenvalue weighted by molar-refractivity contribution is -0.385. The largest absolute Gasteiger partial charge is 0.362 e. The Hall–Kier alpha value is -3.68. The van der Waals surface area contributed by atoms with Gasteiger partial charge in [-0.1, -0.05) is 30.3 Å². The second-order valence-corrected chi connectivity index (χ2v) is 6.34. The van der Waals surface area contributed by atoms with Crippen molar-refractivity contribution in [2.45, 2.75) is 12.8 Å². The molecule has 144 valence electrons. The van der Waals surface area contributed by atoms with Gasteiger partial charge in [0.25, 0.3) is 17.5 Å². The molecule has 2 aromatic carbocycles. The minimum Gasteiger partial charge on any atom is -0.362 e. The molecule has 1 heterocycles. The van der Waals surface area contributed by atoms with Gasteiger partial charge in [-0.2, -0.15) is 0 Å². The van der Waals surface area contributed by atoms with E-state index in [-0.39, 0.29) is 18.1 Å². The topological polar surface area (TPSA) is 105 Å². The van der Waals surface area contributed by atoms with Crippen LogP contribution in [0.1, 0.15) is 17.5 Å². The molecule has 2 N–H and O–H groups in total. The average Bonchev–Trinajstić information content (AvgIpc) is 2.71. The summed E-state index contributed by atoms with van der Waals surface area (Å²) in [5.41, 5.74) is 7.11. The number of nitro groups is 1. The van der Waals surface area contributed by atoms with Gasteiger partial charge >= 0.3 is 0 Å². The Morgan fingerprint density at radius 2 is 1.86 bits per heavy atom. The van der Waals surface area contributed by atoms with Crippen LogP contribution in [0.5, 0.6) is 0 Å². The van der Waals surface area contributed by atoms with Gasteiger partial charge in [0.2, 0.25) is 0 Å². The third-order valence-electron chi connectivity index (χ3n) is 4.41. The zero-order valence-electron chi connectivity index (χ0n) is 15.1. The summed E-state index contributed by atoms with van der Waals surface area (Å²) >= 11 is 0. The number of carbonyl (C=O) groups is 2. The zero-order chi connectivity index (χ0) is 19.9. The van der Waals surface area contributed by atoms with Crippen LogP contribution in [0.25, 0.3) is 6.08 Å². The van der Waals surface area contributed by atoms with Crippen LogP contribution in [0, 0.1) is 10.1 Å². The van der Waals surface area contributed by atoms with Crippen molar-refractivity contribution in [1.29, 1.82) is 0 Å². The molecule has 0 bridgehead atoms.